The lowest BCUT2D eigenvalue weighted by Gasteiger charge is -2.08. The van der Waals surface area contributed by atoms with Crippen LogP contribution in [0.15, 0.2) is 40.9 Å². The number of nitro groups is 2. The number of nitrogens with one attached hydrogen (secondary N) is 1. The van der Waals surface area contributed by atoms with Crippen molar-refractivity contribution in [2.45, 2.75) is 0 Å². The lowest BCUT2D eigenvalue weighted by atomic mass is 10.2. The van der Waals surface area contributed by atoms with E-state index in [4.69, 9.17) is 11.6 Å². The zero-order valence-electron chi connectivity index (χ0n) is 11.2. The molecule has 0 aliphatic rings. The van der Waals surface area contributed by atoms with Crippen molar-refractivity contribution in [1.29, 1.82) is 0 Å². The largest absolute Gasteiger partial charge is 0.321 e. The number of benzene rings is 2. The van der Waals surface area contributed by atoms with Gasteiger partial charge in [-0.2, -0.15) is 0 Å². The molecule has 0 saturated carbocycles. The first-order valence-corrected chi connectivity index (χ1v) is 7.16. The van der Waals surface area contributed by atoms with Gasteiger partial charge in [-0.05, 0) is 28.1 Å². The van der Waals surface area contributed by atoms with Crippen LogP contribution in [0.1, 0.15) is 10.4 Å². The summed E-state index contributed by atoms with van der Waals surface area (Å²) in [6.45, 7) is 0. The minimum absolute atomic E-state index is 0.0473. The summed E-state index contributed by atoms with van der Waals surface area (Å²) in [6, 6.07) is 7.27. The molecule has 0 spiro atoms. The topological polar surface area (TPSA) is 115 Å². The summed E-state index contributed by atoms with van der Waals surface area (Å²) in [7, 11) is 0. The fourth-order valence-corrected chi connectivity index (χ4v) is 2.38. The van der Waals surface area contributed by atoms with Crippen molar-refractivity contribution in [2.75, 3.05) is 5.32 Å². The molecule has 23 heavy (non-hydrogen) atoms. The van der Waals surface area contributed by atoms with Gasteiger partial charge in [0.15, 0.2) is 0 Å². The smallest absolute Gasteiger partial charge is 0.270 e. The zero-order chi connectivity index (χ0) is 17.1. The van der Waals surface area contributed by atoms with Crippen LogP contribution in [0, 0.1) is 20.2 Å². The van der Waals surface area contributed by atoms with E-state index in [2.05, 4.69) is 21.2 Å². The molecule has 0 radical (unpaired) electrons. The lowest BCUT2D eigenvalue weighted by molar-refractivity contribution is -0.385. The predicted octanol–water partition coefficient (Wildman–Crippen LogP) is 4.17. The van der Waals surface area contributed by atoms with Crippen LogP contribution in [0.4, 0.5) is 17.1 Å². The molecule has 2 aromatic rings. The molecule has 1 N–H and O–H groups in total. The molecule has 0 heterocycles. The fourth-order valence-electron chi connectivity index (χ4n) is 1.71. The molecule has 118 valence electrons. The van der Waals surface area contributed by atoms with Crippen molar-refractivity contribution in [3.8, 4) is 0 Å². The van der Waals surface area contributed by atoms with Crippen LogP contribution in [0.3, 0.4) is 0 Å². The first kappa shape index (κ1) is 16.8. The standard InChI is InChI=1S/C13H7BrClN3O5/c14-10-6-8(18(22)23)2-4-12(10)16-13(19)9-5-7(17(20)21)1-3-11(9)15/h1-6H,(H,16,19). The summed E-state index contributed by atoms with van der Waals surface area (Å²) in [4.78, 5) is 32.4. The Morgan fingerprint density at radius 2 is 1.61 bits per heavy atom. The average Bonchev–Trinajstić information content (AvgIpc) is 2.49. The van der Waals surface area contributed by atoms with Gasteiger partial charge in [0.2, 0.25) is 0 Å². The fraction of sp³-hybridized carbons (Fsp3) is 0. The number of hydrogen-bond donors (Lipinski definition) is 1. The first-order valence-electron chi connectivity index (χ1n) is 5.99. The van der Waals surface area contributed by atoms with Gasteiger partial charge >= 0.3 is 0 Å². The van der Waals surface area contributed by atoms with E-state index in [-0.39, 0.29) is 27.6 Å². The number of non-ortho nitro benzene ring substituents is 2. The third-order valence-electron chi connectivity index (χ3n) is 2.82. The van der Waals surface area contributed by atoms with Crippen molar-refractivity contribution >= 4 is 50.5 Å². The van der Waals surface area contributed by atoms with Crippen molar-refractivity contribution in [3.63, 3.8) is 0 Å². The number of nitrogens with zero attached hydrogens (tertiary/aromatic N) is 2. The highest BCUT2D eigenvalue weighted by Gasteiger charge is 2.17. The summed E-state index contributed by atoms with van der Waals surface area (Å²) < 4.78 is 0.293. The highest BCUT2D eigenvalue weighted by molar-refractivity contribution is 9.10. The van der Waals surface area contributed by atoms with Crippen LogP contribution in [0.5, 0.6) is 0 Å². The minimum atomic E-state index is -0.673. The third kappa shape index (κ3) is 3.82. The van der Waals surface area contributed by atoms with E-state index < -0.39 is 15.8 Å². The van der Waals surface area contributed by atoms with Gasteiger partial charge in [-0.25, -0.2) is 0 Å². The van der Waals surface area contributed by atoms with E-state index in [1.165, 1.54) is 30.3 Å². The molecule has 0 saturated heterocycles. The van der Waals surface area contributed by atoms with Gasteiger partial charge in [-0.3, -0.25) is 25.0 Å². The molecule has 1 amide bonds. The molecule has 0 aliphatic carbocycles. The Bertz CT molecular complexity index is 827. The molecule has 10 heteroatoms. The van der Waals surface area contributed by atoms with Gasteiger partial charge in [-0.1, -0.05) is 11.6 Å². The molecule has 2 rings (SSSR count). The number of anilines is 1. The molecule has 0 unspecified atom stereocenters. The molecule has 0 aliphatic heterocycles. The molecule has 0 aromatic heterocycles. The number of carbonyl (C=O) groups is 1. The maximum atomic E-state index is 12.2. The summed E-state index contributed by atoms with van der Waals surface area (Å²) in [6.07, 6.45) is 0. The number of halogens is 2. The Kier molecular flexibility index (Phi) is 4.92. The van der Waals surface area contributed by atoms with Crippen molar-refractivity contribution in [2.24, 2.45) is 0 Å². The van der Waals surface area contributed by atoms with Gasteiger partial charge in [0, 0.05) is 28.7 Å². The molecule has 0 fully saturated rings. The quantitative estimate of drug-likeness (QED) is 0.611. The van der Waals surface area contributed by atoms with Crippen molar-refractivity contribution in [1.82, 2.24) is 0 Å². The second-order valence-electron chi connectivity index (χ2n) is 4.30. The molecule has 0 atom stereocenters. The van der Waals surface area contributed by atoms with E-state index in [0.717, 1.165) is 6.07 Å². The maximum absolute atomic E-state index is 12.2. The summed E-state index contributed by atoms with van der Waals surface area (Å²) in [5, 5.41) is 24.0. The number of nitro benzene ring substituents is 2. The second kappa shape index (κ2) is 6.71. The Balaban J connectivity index is 2.31. The Labute approximate surface area is 142 Å². The van der Waals surface area contributed by atoms with Gasteiger partial charge in [-0.15, -0.1) is 0 Å². The van der Waals surface area contributed by atoms with Crippen LogP contribution in [-0.4, -0.2) is 15.8 Å². The van der Waals surface area contributed by atoms with Crippen LogP contribution in [0.25, 0.3) is 0 Å². The third-order valence-corrected chi connectivity index (χ3v) is 3.80. The van der Waals surface area contributed by atoms with Crippen LogP contribution in [-0.2, 0) is 0 Å². The van der Waals surface area contributed by atoms with E-state index in [1.54, 1.807) is 0 Å². The zero-order valence-corrected chi connectivity index (χ0v) is 13.5. The highest BCUT2D eigenvalue weighted by atomic mass is 79.9. The molecule has 0 bridgehead atoms. The first-order chi connectivity index (χ1) is 10.8. The monoisotopic (exact) mass is 399 g/mol. The number of carbonyl (C=O) groups excluding carboxylic acids is 1. The average molecular weight is 401 g/mol. The predicted molar refractivity (Wildman–Crippen MR) is 86.9 cm³/mol. The molecule has 2 aromatic carbocycles. The van der Waals surface area contributed by atoms with Crippen LogP contribution in [0.2, 0.25) is 5.02 Å². The number of rotatable bonds is 4. The number of amides is 1. The summed E-state index contributed by atoms with van der Waals surface area (Å²) in [5.74, 6) is -0.673. The van der Waals surface area contributed by atoms with Gasteiger partial charge in [0.1, 0.15) is 0 Å². The van der Waals surface area contributed by atoms with Crippen molar-refractivity contribution in [3.05, 3.63) is 71.7 Å². The highest BCUT2D eigenvalue weighted by Crippen LogP contribution is 2.29. The maximum Gasteiger partial charge on any atom is 0.270 e. The molecular weight excluding hydrogens is 394 g/mol. The Hall–Kier alpha value is -2.52. The van der Waals surface area contributed by atoms with E-state index in [9.17, 15) is 25.0 Å². The van der Waals surface area contributed by atoms with Gasteiger partial charge in [0.25, 0.3) is 17.3 Å². The van der Waals surface area contributed by atoms with Gasteiger partial charge < -0.3 is 5.32 Å². The SMILES string of the molecule is O=C(Nc1ccc([N+](=O)[O-])cc1Br)c1cc([N+](=O)[O-])ccc1Cl. The van der Waals surface area contributed by atoms with Crippen LogP contribution >= 0.6 is 27.5 Å². The van der Waals surface area contributed by atoms with Crippen molar-refractivity contribution < 1.29 is 14.6 Å². The molecule has 8 nitrogen and oxygen atoms in total. The number of hydrogen-bond acceptors (Lipinski definition) is 5. The van der Waals surface area contributed by atoms with Gasteiger partial charge in [0.05, 0.1) is 26.1 Å². The Morgan fingerprint density at radius 1 is 1.04 bits per heavy atom. The van der Waals surface area contributed by atoms with E-state index >= 15 is 0 Å². The van der Waals surface area contributed by atoms with E-state index in [0.29, 0.717) is 4.47 Å². The minimum Gasteiger partial charge on any atom is -0.321 e. The molecular formula is C13H7BrClN3O5. The normalized spacial score (nSPS) is 10.2. The lowest BCUT2D eigenvalue weighted by Crippen LogP contribution is -2.13. The second-order valence-corrected chi connectivity index (χ2v) is 5.56. The summed E-state index contributed by atoms with van der Waals surface area (Å²) in [5.41, 5.74) is -0.236. The summed E-state index contributed by atoms with van der Waals surface area (Å²) >= 11 is 9.00. The van der Waals surface area contributed by atoms with Crippen LogP contribution < -0.4 is 5.32 Å². The van der Waals surface area contributed by atoms with E-state index in [1.807, 2.05) is 0 Å². The Morgan fingerprint density at radius 3 is 2.17 bits per heavy atom.